The van der Waals surface area contributed by atoms with Gasteiger partial charge in [0.05, 0.1) is 11.2 Å². The molecule has 1 atom stereocenters. The van der Waals surface area contributed by atoms with Crippen molar-refractivity contribution >= 4 is 17.2 Å². The molecule has 6 nitrogen and oxygen atoms in total. The number of hydrogen-bond donors (Lipinski definition) is 1. The number of amides is 1. The molecule has 2 aromatic heterocycles. The van der Waals surface area contributed by atoms with Crippen LogP contribution < -0.4 is 0 Å². The number of carbonyl (C=O) groups is 1. The van der Waals surface area contributed by atoms with Gasteiger partial charge in [-0.2, -0.15) is 0 Å². The van der Waals surface area contributed by atoms with Crippen LogP contribution in [0.1, 0.15) is 41.8 Å². The van der Waals surface area contributed by atoms with Crippen molar-refractivity contribution in [2.75, 3.05) is 13.1 Å². The van der Waals surface area contributed by atoms with Gasteiger partial charge in [0.25, 0.3) is 0 Å². The summed E-state index contributed by atoms with van der Waals surface area (Å²) in [5, 5.41) is 10.5. The van der Waals surface area contributed by atoms with Crippen molar-refractivity contribution in [3.8, 4) is 0 Å². The Labute approximate surface area is 146 Å². The largest absolute Gasteiger partial charge is 0.385 e. The van der Waals surface area contributed by atoms with Crippen LogP contribution in [0.2, 0.25) is 0 Å². The lowest BCUT2D eigenvalue weighted by Gasteiger charge is -2.34. The van der Waals surface area contributed by atoms with Crippen molar-refractivity contribution in [1.29, 1.82) is 0 Å². The van der Waals surface area contributed by atoms with Crippen molar-refractivity contribution in [2.45, 2.75) is 38.7 Å². The van der Waals surface area contributed by atoms with Crippen molar-refractivity contribution in [3.05, 3.63) is 34.3 Å². The number of piperidine rings is 1. The predicted octanol–water partition coefficient (Wildman–Crippen LogP) is 2.09. The van der Waals surface area contributed by atoms with E-state index in [1.807, 2.05) is 35.1 Å². The zero-order valence-corrected chi connectivity index (χ0v) is 15.0. The van der Waals surface area contributed by atoms with Gasteiger partial charge in [0.1, 0.15) is 11.9 Å². The summed E-state index contributed by atoms with van der Waals surface area (Å²) in [7, 11) is 1.89. The first-order chi connectivity index (χ1) is 11.6. The molecule has 1 fully saturated rings. The van der Waals surface area contributed by atoms with E-state index in [1.54, 1.807) is 17.5 Å². The normalized spacial score (nSPS) is 17.2. The summed E-state index contributed by atoms with van der Waals surface area (Å²) < 4.78 is 1.86. The molecule has 1 amide bonds. The molecule has 0 aromatic carbocycles. The smallest absolute Gasteiger partial charge is 0.222 e. The maximum Gasteiger partial charge on any atom is 0.222 e. The van der Waals surface area contributed by atoms with Crippen LogP contribution in [0.15, 0.2) is 17.9 Å². The van der Waals surface area contributed by atoms with E-state index < -0.39 is 6.10 Å². The maximum absolute atomic E-state index is 12.4. The third-order valence-corrected chi connectivity index (χ3v) is 5.87. The van der Waals surface area contributed by atoms with Crippen LogP contribution in [0.25, 0.3) is 0 Å². The standard InChI is InChI=1S/C17H24N4O2S/c1-12-14(24-11-19-12)3-4-15(22)21-8-5-13(6-9-21)16(23)17-18-7-10-20(17)2/h7,10-11,13,16,23H,3-6,8-9H2,1-2H3/t16-/m1/s1. The van der Waals surface area contributed by atoms with E-state index in [2.05, 4.69) is 9.97 Å². The van der Waals surface area contributed by atoms with Gasteiger partial charge in [0.15, 0.2) is 0 Å². The lowest BCUT2D eigenvalue weighted by atomic mass is 9.90. The highest BCUT2D eigenvalue weighted by Gasteiger charge is 2.29. The number of aromatic nitrogens is 3. The van der Waals surface area contributed by atoms with Crippen LogP contribution >= 0.6 is 11.3 Å². The zero-order valence-electron chi connectivity index (χ0n) is 14.2. The number of thiazole rings is 1. The van der Waals surface area contributed by atoms with E-state index >= 15 is 0 Å². The molecule has 0 aliphatic carbocycles. The molecule has 130 valence electrons. The summed E-state index contributed by atoms with van der Waals surface area (Å²) in [5.74, 6) is 1.08. The highest BCUT2D eigenvalue weighted by Crippen LogP contribution is 2.30. The van der Waals surface area contributed by atoms with E-state index in [1.165, 1.54) is 4.88 Å². The summed E-state index contributed by atoms with van der Waals surface area (Å²) in [6, 6.07) is 0. The second-order valence-corrected chi connectivity index (χ2v) is 7.36. The second kappa shape index (κ2) is 7.44. The maximum atomic E-state index is 12.4. The number of hydrogen-bond acceptors (Lipinski definition) is 5. The molecule has 1 aliphatic heterocycles. The number of aliphatic hydroxyl groups is 1. The third kappa shape index (κ3) is 3.67. The fraction of sp³-hybridized carbons (Fsp3) is 0.588. The van der Waals surface area contributed by atoms with E-state index in [-0.39, 0.29) is 11.8 Å². The number of likely N-dealkylation sites (tertiary alicyclic amines) is 1. The molecule has 3 rings (SSSR count). The minimum absolute atomic E-state index is 0.166. The lowest BCUT2D eigenvalue weighted by Crippen LogP contribution is -2.40. The van der Waals surface area contributed by atoms with Gasteiger partial charge in [-0.3, -0.25) is 4.79 Å². The molecule has 0 unspecified atom stereocenters. The van der Waals surface area contributed by atoms with Crippen LogP contribution in [-0.2, 0) is 18.3 Å². The summed E-state index contributed by atoms with van der Waals surface area (Å²) in [4.78, 5) is 24.0. The molecule has 1 aliphatic rings. The molecule has 3 heterocycles. The second-order valence-electron chi connectivity index (χ2n) is 6.42. The summed E-state index contributed by atoms with van der Waals surface area (Å²) in [6.45, 7) is 3.42. The first kappa shape index (κ1) is 17.1. The predicted molar refractivity (Wildman–Crippen MR) is 92.6 cm³/mol. The minimum atomic E-state index is -0.554. The fourth-order valence-electron chi connectivity index (χ4n) is 3.28. The Morgan fingerprint density at radius 2 is 2.17 bits per heavy atom. The average molecular weight is 348 g/mol. The van der Waals surface area contributed by atoms with Crippen LogP contribution in [0.5, 0.6) is 0 Å². The molecule has 0 spiro atoms. The summed E-state index contributed by atoms with van der Waals surface area (Å²) in [5.41, 5.74) is 2.87. The molecular weight excluding hydrogens is 324 g/mol. The van der Waals surface area contributed by atoms with Crippen LogP contribution in [-0.4, -0.2) is 43.5 Å². The molecule has 0 bridgehead atoms. The third-order valence-electron chi connectivity index (χ3n) is 4.87. The SMILES string of the molecule is Cc1ncsc1CCC(=O)N1CCC([C@@H](O)c2nccn2C)CC1. The Bertz CT molecular complexity index is 688. The van der Waals surface area contributed by atoms with Gasteiger partial charge < -0.3 is 14.6 Å². The molecule has 0 saturated carbocycles. The monoisotopic (exact) mass is 348 g/mol. The van der Waals surface area contributed by atoms with Crippen molar-refractivity contribution < 1.29 is 9.90 Å². The van der Waals surface area contributed by atoms with Crippen molar-refractivity contribution in [2.24, 2.45) is 13.0 Å². The van der Waals surface area contributed by atoms with E-state index in [0.717, 1.165) is 25.0 Å². The Hall–Kier alpha value is -1.73. The number of rotatable bonds is 5. The summed E-state index contributed by atoms with van der Waals surface area (Å²) in [6.07, 6.45) is 5.94. The molecule has 1 saturated heterocycles. The lowest BCUT2D eigenvalue weighted by molar-refractivity contribution is -0.133. The average Bonchev–Trinajstić information content (AvgIpc) is 3.20. The zero-order chi connectivity index (χ0) is 17.1. The van der Waals surface area contributed by atoms with E-state index in [4.69, 9.17) is 0 Å². The Balaban J connectivity index is 1.48. The number of nitrogens with zero attached hydrogens (tertiary/aromatic N) is 4. The van der Waals surface area contributed by atoms with E-state index in [0.29, 0.717) is 25.3 Å². The number of carbonyl (C=O) groups excluding carboxylic acids is 1. The topological polar surface area (TPSA) is 71.2 Å². The van der Waals surface area contributed by atoms with Crippen molar-refractivity contribution in [1.82, 2.24) is 19.4 Å². The highest BCUT2D eigenvalue weighted by atomic mass is 32.1. The van der Waals surface area contributed by atoms with E-state index in [9.17, 15) is 9.90 Å². The van der Waals surface area contributed by atoms with Gasteiger partial charge in [-0.25, -0.2) is 9.97 Å². The summed E-state index contributed by atoms with van der Waals surface area (Å²) >= 11 is 1.62. The molecule has 7 heteroatoms. The van der Waals surface area contributed by atoms with Gasteiger partial charge >= 0.3 is 0 Å². The van der Waals surface area contributed by atoms with Gasteiger partial charge in [0, 0.05) is 43.8 Å². The quantitative estimate of drug-likeness (QED) is 0.898. The highest BCUT2D eigenvalue weighted by molar-refractivity contribution is 7.09. The molecule has 24 heavy (non-hydrogen) atoms. The minimum Gasteiger partial charge on any atom is -0.385 e. The van der Waals surface area contributed by atoms with Crippen molar-refractivity contribution in [3.63, 3.8) is 0 Å². The Morgan fingerprint density at radius 3 is 2.75 bits per heavy atom. The Morgan fingerprint density at radius 1 is 1.42 bits per heavy atom. The number of aliphatic hydroxyl groups excluding tert-OH is 1. The number of aryl methyl sites for hydroxylation is 3. The first-order valence-electron chi connectivity index (χ1n) is 8.38. The molecular formula is C17H24N4O2S. The first-order valence-corrected chi connectivity index (χ1v) is 9.26. The fourth-order valence-corrected chi connectivity index (χ4v) is 4.06. The molecule has 2 aromatic rings. The molecule has 1 N–H and O–H groups in total. The van der Waals surface area contributed by atoms with Crippen LogP contribution in [0.3, 0.4) is 0 Å². The molecule has 0 radical (unpaired) electrons. The van der Waals surface area contributed by atoms with Gasteiger partial charge in [-0.05, 0) is 32.1 Å². The van der Waals surface area contributed by atoms with Gasteiger partial charge in [-0.15, -0.1) is 11.3 Å². The Kier molecular flexibility index (Phi) is 5.30. The van der Waals surface area contributed by atoms with Gasteiger partial charge in [0.2, 0.25) is 5.91 Å². The van der Waals surface area contributed by atoms with Crippen LogP contribution in [0.4, 0.5) is 0 Å². The van der Waals surface area contributed by atoms with Crippen LogP contribution in [0, 0.1) is 12.8 Å². The number of imidazole rings is 1. The van der Waals surface area contributed by atoms with Gasteiger partial charge in [-0.1, -0.05) is 0 Å².